The van der Waals surface area contributed by atoms with Crippen molar-refractivity contribution in [3.63, 3.8) is 0 Å². The van der Waals surface area contributed by atoms with E-state index in [9.17, 15) is 4.79 Å². The lowest BCUT2D eigenvalue weighted by Crippen LogP contribution is -2.10. The van der Waals surface area contributed by atoms with Crippen LogP contribution in [-0.2, 0) is 13.1 Å². The Morgan fingerprint density at radius 3 is 2.81 bits per heavy atom. The van der Waals surface area contributed by atoms with E-state index in [0.717, 1.165) is 11.4 Å². The molecule has 84 valence electrons. The third-order valence-electron chi connectivity index (χ3n) is 2.08. The van der Waals surface area contributed by atoms with Gasteiger partial charge in [0, 0.05) is 18.0 Å². The largest absolute Gasteiger partial charge is 0.477 e. The minimum Gasteiger partial charge on any atom is -0.477 e. The Labute approximate surface area is 101 Å². The third-order valence-corrected chi connectivity index (χ3v) is 3.89. The molecule has 0 spiro atoms. The van der Waals surface area contributed by atoms with Crippen molar-refractivity contribution >= 4 is 28.6 Å². The fraction of sp³-hybridized carbons (Fsp3) is 0.182. The van der Waals surface area contributed by atoms with Crippen molar-refractivity contribution in [2.75, 3.05) is 0 Å². The molecule has 0 saturated carbocycles. The van der Waals surface area contributed by atoms with E-state index in [0.29, 0.717) is 11.4 Å². The first-order valence-corrected chi connectivity index (χ1v) is 6.55. The predicted molar refractivity (Wildman–Crippen MR) is 66.1 cm³/mol. The van der Waals surface area contributed by atoms with Gasteiger partial charge in [-0.25, -0.2) is 4.79 Å². The molecular weight excluding hydrogens is 242 g/mol. The molecule has 2 N–H and O–H groups in total. The molecule has 0 saturated heterocycles. The number of aromatic carboxylic acids is 1. The zero-order valence-electron chi connectivity index (χ0n) is 8.47. The van der Waals surface area contributed by atoms with E-state index in [1.165, 1.54) is 16.9 Å². The van der Waals surface area contributed by atoms with E-state index in [1.807, 2.05) is 11.4 Å². The summed E-state index contributed by atoms with van der Waals surface area (Å²) in [5.41, 5.74) is 1.26. The van der Waals surface area contributed by atoms with Gasteiger partial charge >= 0.3 is 5.97 Å². The Bertz CT molecular complexity index is 462. The SMILES string of the molecule is O=C(O)c1ccc(CNCc2ccsc2)s1. The van der Waals surface area contributed by atoms with Crippen LogP contribution in [0.3, 0.4) is 0 Å². The maximum Gasteiger partial charge on any atom is 0.345 e. The van der Waals surface area contributed by atoms with Crippen LogP contribution in [0.15, 0.2) is 29.0 Å². The number of thiophene rings is 2. The molecule has 0 bridgehead atoms. The Morgan fingerprint density at radius 1 is 1.31 bits per heavy atom. The maximum absolute atomic E-state index is 10.7. The van der Waals surface area contributed by atoms with Crippen LogP contribution < -0.4 is 5.32 Å². The van der Waals surface area contributed by atoms with E-state index in [2.05, 4.69) is 16.8 Å². The van der Waals surface area contributed by atoms with E-state index >= 15 is 0 Å². The molecule has 5 heteroatoms. The lowest BCUT2D eigenvalue weighted by Gasteiger charge is -2.00. The molecule has 0 fully saturated rings. The van der Waals surface area contributed by atoms with Crippen molar-refractivity contribution in [1.29, 1.82) is 0 Å². The highest BCUT2D eigenvalue weighted by Crippen LogP contribution is 2.16. The fourth-order valence-corrected chi connectivity index (χ4v) is 2.80. The van der Waals surface area contributed by atoms with Gasteiger partial charge in [-0.15, -0.1) is 11.3 Å². The highest BCUT2D eigenvalue weighted by atomic mass is 32.1. The molecule has 0 atom stereocenters. The van der Waals surface area contributed by atoms with Gasteiger partial charge in [-0.05, 0) is 34.5 Å². The van der Waals surface area contributed by atoms with Crippen molar-refractivity contribution < 1.29 is 9.90 Å². The van der Waals surface area contributed by atoms with Crippen LogP contribution in [0.25, 0.3) is 0 Å². The summed E-state index contributed by atoms with van der Waals surface area (Å²) in [5, 5.41) is 16.2. The minimum absolute atomic E-state index is 0.396. The molecule has 2 rings (SSSR count). The van der Waals surface area contributed by atoms with Gasteiger partial charge in [0.05, 0.1) is 0 Å². The molecule has 0 aliphatic heterocycles. The van der Waals surface area contributed by atoms with Crippen LogP contribution in [0.2, 0.25) is 0 Å². The number of carboxylic acid groups (broad SMARTS) is 1. The third kappa shape index (κ3) is 2.91. The zero-order valence-corrected chi connectivity index (χ0v) is 10.1. The van der Waals surface area contributed by atoms with Crippen molar-refractivity contribution in [3.05, 3.63) is 44.3 Å². The molecular formula is C11H11NO2S2. The van der Waals surface area contributed by atoms with Gasteiger partial charge in [0.15, 0.2) is 0 Å². The summed E-state index contributed by atoms with van der Waals surface area (Å²) in [7, 11) is 0. The van der Waals surface area contributed by atoms with Gasteiger partial charge in [-0.3, -0.25) is 0 Å². The molecule has 0 amide bonds. The number of rotatable bonds is 5. The summed E-state index contributed by atoms with van der Waals surface area (Å²) in [4.78, 5) is 12.1. The highest BCUT2D eigenvalue weighted by Gasteiger charge is 2.06. The second-order valence-electron chi connectivity index (χ2n) is 3.31. The first-order valence-electron chi connectivity index (χ1n) is 4.79. The summed E-state index contributed by atoms with van der Waals surface area (Å²) in [5.74, 6) is -0.853. The summed E-state index contributed by atoms with van der Waals surface area (Å²) in [6.07, 6.45) is 0. The van der Waals surface area contributed by atoms with Crippen molar-refractivity contribution in [2.24, 2.45) is 0 Å². The number of carboxylic acids is 1. The van der Waals surface area contributed by atoms with Crippen LogP contribution in [-0.4, -0.2) is 11.1 Å². The van der Waals surface area contributed by atoms with Gasteiger partial charge in [-0.2, -0.15) is 11.3 Å². The second kappa shape index (κ2) is 5.25. The van der Waals surface area contributed by atoms with Crippen LogP contribution in [0.1, 0.15) is 20.1 Å². The Morgan fingerprint density at radius 2 is 2.19 bits per heavy atom. The normalized spacial score (nSPS) is 10.5. The number of hydrogen-bond donors (Lipinski definition) is 2. The summed E-state index contributed by atoms with van der Waals surface area (Å²) in [6.45, 7) is 1.54. The molecule has 16 heavy (non-hydrogen) atoms. The number of nitrogens with one attached hydrogen (secondary N) is 1. The Kier molecular flexibility index (Phi) is 3.71. The van der Waals surface area contributed by atoms with Gasteiger partial charge in [-0.1, -0.05) is 0 Å². The van der Waals surface area contributed by atoms with Crippen LogP contribution >= 0.6 is 22.7 Å². The molecule has 2 aromatic heterocycles. The molecule has 2 aromatic rings. The molecule has 2 heterocycles. The van der Waals surface area contributed by atoms with E-state index in [4.69, 9.17) is 5.11 Å². The molecule has 0 unspecified atom stereocenters. The highest BCUT2D eigenvalue weighted by molar-refractivity contribution is 7.13. The monoisotopic (exact) mass is 253 g/mol. The second-order valence-corrected chi connectivity index (χ2v) is 5.25. The lowest BCUT2D eigenvalue weighted by molar-refractivity contribution is 0.0702. The van der Waals surface area contributed by atoms with Crippen LogP contribution in [0, 0.1) is 0 Å². The van der Waals surface area contributed by atoms with Gasteiger partial charge in [0.2, 0.25) is 0 Å². The zero-order chi connectivity index (χ0) is 11.4. The first kappa shape index (κ1) is 11.3. The lowest BCUT2D eigenvalue weighted by atomic mass is 10.3. The smallest absolute Gasteiger partial charge is 0.345 e. The average molecular weight is 253 g/mol. The number of carbonyl (C=O) groups is 1. The molecule has 3 nitrogen and oxygen atoms in total. The predicted octanol–water partition coefficient (Wildman–Crippen LogP) is 2.80. The van der Waals surface area contributed by atoms with Gasteiger partial charge < -0.3 is 10.4 Å². The Balaban J connectivity index is 1.83. The van der Waals surface area contributed by atoms with Crippen molar-refractivity contribution in [3.8, 4) is 0 Å². The van der Waals surface area contributed by atoms with E-state index < -0.39 is 5.97 Å². The van der Waals surface area contributed by atoms with Gasteiger partial charge in [0.1, 0.15) is 4.88 Å². The van der Waals surface area contributed by atoms with E-state index in [-0.39, 0.29) is 0 Å². The van der Waals surface area contributed by atoms with Gasteiger partial charge in [0.25, 0.3) is 0 Å². The maximum atomic E-state index is 10.7. The summed E-state index contributed by atoms with van der Waals surface area (Å²) < 4.78 is 0. The van der Waals surface area contributed by atoms with Crippen LogP contribution in [0.4, 0.5) is 0 Å². The van der Waals surface area contributed by atoms with Crippen molar-refractivity contribution in [2.45, 2.75) is 13.1 Å². The molecule has 0 aliphatic rings. The standard InChI is InChI=1S/C11H11NO2S2/c13-11(14)10-2-1-9(16-10)6-12-5-8-3-4-15-7-8/h1-4,7,12H,5-6H2,(H,13,14). The summed E-state index contributed by atoms with van der Waals surface area (Å²) in [6, 6.07) is 5.58. The van der Waals surface area contributed by atoms with E-state index in [1.54, 1.807) is 17.4 Å². The minimum atomic E-state index is -0.853. The molecule has 0 aromatic carbocycles. The quantitative estimate of drug-likeness (QED) is 0.861. The molecule has 0 aliphatic carbocycles. The first-order chi connectivity index (χ1) is 7.75. The molecule has 0 radical (unpaired) electrons. The Hall–Kier alpha value is -1.17. The summed E-state index contributed by atoms with van der Waals surface area (Å²) >= 11 is 3.00. The number of hydrogen-bond acceptors (Lipinski definition) is 4. The fourth-order valence-electron chi connectivity index (χ4n) is 1.31. The topological polar surface area (TPSA) is 49.3 Å². The average Bonchev–Trinajstić information content (AvgIpc) is 2.87. The van der Waals surface area contributed by atoms with Crippen molar-refractivity contribution in [1.82, 2.24) is 5.32 Å². The van der Waals surface area contributed by atoms with Crippen LogP contribution in [0.5, 0.6) is 0 Å².